The lowest BCUT2D eigenvalue weighted by molar-refractivity contribution is -0.119. The number of nitriles is 1. The molecule has 0 saturated carbocycles. The normalized spacial score (nSPS) is 9.55. The van der Waals surface area contributed by atoms with Crippen LogP contribution in [0.25, 0.3) is 0 Å². The summed E-state index contributed by atoms with van der Waals surface area (Å²) >= 11 is 0. The van der Waals surface area contributed by atoms with Crippen molar-refractivity contribution in [1.82, 2.24) is 10.3 Å². The van der Waals surface area contributed by atoms with E-state index in [0.29, 0.717) is 17.9 Å². The average Bonchev–Trinajstić information content (AvgIpc) is 2.52. The minimum absolute atomic E-state index is 0.0989. The lowest BCUT2D eigenvalue weighted by Gasteiger charge is -2.07. The molecule has 0 aliphatic carbocycles. The Morgan fingerprint density at radius 1 is 1.20 bits per heavy atom. The van der Waals surface area contributed by atoms with Crippen LogP contribution in [0.15, 0.2) is 48.7 Å². The first-order valence-electron chi connectivity index (χ1n) is 6.18. The lowest BCUT2D eigenvalue weighted by atomic mass is 10.2. The number of anilines is 1. The Morgan fingerprint density at radius 3 is 2.65 bits per heavy atom. The molecular weight excluding hydrogens is 252 g/mol. The number of carbonyl (C=O) groups is 1. The molecule has 0 spiro atoms. The molecule has 1 heterocycles. The monoisotopic (exact) mass is 266 g/mol. The van der Waals surface area contributed by atoms with E-state index in [2.05, 4.69) is 15.6 Å². The summed E-state index contributed by atoms with van der Waals surface area (Å²) in [5, 5.41) is 14.4. The Bertz CT molecular complexity index is 602. The predicted molar refractivity (Wildman–Crippen MR) is 75.7 cm³/mol. The predicted octanol–water partition coefficient (Wildman–Crippen LogP) is 1.68. The summed E-state index contributed by atoms with van der Waals surface area (Å²) in [6.07, 6.45) is 1.53. The molecule has 100 valence electrons. The van der Waals surface area contributed by atoms with Gasteiger partial charge in [-0.15, -0.1) is 0 Å². The highest BCUT2D eigenvalue weighted by Gasteiger charge is 2.01. The van der Waals surface area contributed by atoms with Crippen molar-refractivity contribution in [3.8, 4) is 6.07 Å². The molecular formula is C15H14N4O. The van der Waals surface area contributed by atoms with Gasteiger partial charge in [-0.05, 0) is 17.7 Å². The van der Waals surface area contributed by atoms with E-state index in [9.17, 15) is 4.79 Å². The zero-order chi connectivity index (χ0) is 14.2. The van der Waals surface area contributed by atoms with Crippen molar-refractivity contribution in [3.05, 3.63) is 59.9 Å². The molecule has 1 aromatic carbocycles. The highest BCUT2D eigenvalue weighted by Crippen LogP contribution is 2.04. The van der Waals surface area contributed by atoms with Crippen molar-refractivity contribution < 1.29 is 4.79 Å². The molecule has 2 aromatic rings. The van der Waals surface area contributed by atoms with Crippen molar-refractivity contribution in [2.75, 3.05) is 11.9 Å². The molecule has 0 unspecified atom stereocenters. The number of carbonyl (C=O) groups excluding carboxylic acids is 1. The highest BCUT2D eigenvalue weighted by atomic mass is 16.1. The van der Waals surface area contributed by atoms with E-state index in [-0.39, 0.29) is 12.5 Å². The minimum atomic E-state index is -0.0989. The van der Waals surface area contributed by atoms with Gasteiger partial charge in [0.15, 0.2) is 0 Å². The Hall–Kier alpha value is -2.87. The van der Waals surface area contributed by atoms with E-state index in [4.69, 9.17) is 5.26 Å². The first kappa shape index (κ1) is 13.6. The molecule has 0 bridgehead atoms. The maximum atomic E-state index is 11.7. The maximum absolute atomic E-state index is 11.7. The number of benzene rings is 1. The Kier molecular flexibility index (Phi) is 4.68. The second-order valence-electron chi connectivity index (χ2n) is 4.16. The second-order valence-corrected chi connectivity index (χ2v) is 4.16. The molecule has 5 heteroatoms. The standard InChI is InChI=1S/C15H14N4O/c16-8-13-6-7-14(10-17-13)18-11-15(20)19-9-12-4-2-1-3-5-12/h1-7,10,18H,9,11H2,(H,19,20). The third-order valence-corrected chi connectivity index (χ3v) is 2.66. The van der Waals surface area contributed by atoms with Crippen LogP contribution < -0.4 is 10.6 Å². The highest BCUT2D eigenvalue weighted by molar-refractivity contribution is 5.80. The summed E-state index contributed by atoms with van der Waals surface area (Å²) < 4.78 is 0. The molecule has 0 atom stereocenters. The first-order chi connectivity index (χ1) is 9.78. The molecule has 0 fully saturated rings. The molecule has 1 amide bonds. The SMILES string of the molecule is N#Cc1ccc(NCC(=O)NCc2ccccc2)cn1. The molecule has 0 aliphatic heterocycles. The van der Waals surface area contributed by atoms with Gasteiger partial charge in [-0.1, -0.05) is 30.3 Å². The minimum Gasteiger partial charge on any atom is -0.375 e. The number of aromatic nitrogens is 1. The number of hydrogen-bond donors (Lipinski definition) is 2. The van der Waals surface area contributed by atoms with Gasteiger partial charge in [0.1, 0.15) is 11.8 Å². The van der Waals surface area contributed by atoms with Gasteiger partial charge >= 0.3 is 0 Å². The topological polar surface area (TPSA) is 77.8 Å². The fourth-order valence-corrected chi connectivity index (χ4v) is 1.61. The van der Waals surface area contributed by atoms with Crippen molar-refractivity contribution in [3.63, 3.8) is 0 Å². The van der Waals surface area contributed by atoms with E-state index in [0.717, 1.165) is 5.56 Å². The van der Waals surface area contributed by atoms with Gasteiger partial charge in [0, 0.05) is 6.54 Å². The van der Waals surface area contributed by atoms with Crippen LogP contribution >= 0.6 is 0 Å². The quantitative estimate of drug-likeness (QED) is 0.863. The summed E-state index contributed by atoms with van der Waals surface area (Å²) in [5.74, 6) is -0.0989. The lowest BCUT2D eigenvalue weighted by Crippen LogP contribution is -2.29. The molecule has 20 heavy (non-hydrogen) atoms. The number of rotatable bonds is 5. The van der Waals surface area contributed by atoms with Crippen LogP contribution in [0.4, 0.5) is 5.69 Å². The van der Waals surface area contributed by atoms with Crippen LogP contribution in [0.1, 0.15) is 11.3 Å². The van der Waals surface area contributed by atoms with Gasteiger partial charge in [0.2, 0.25) is 5.91 Å². The fraction of sp³-hybridized carbons (Fsp3) is 0.133. The Morgan fingerprint density at radius 2 is 2.00 bits per heavy atom. The molecule has 0 radical (unpaired) electrons. The molecule has 5 nitrogen and oxygen atoms in total. The molecule has 2 N–H and O–H groups in total. The van der Waals surface area contributed by atoms with E-state index < -0.39 is 0 Å². The summed E-state index contributed by atoms with van der Waals surface area (Å²) in [5.41, 5.74) is 2.11. The van der Waals surface area contributed by atoms with Gasteiger partial charge < -0.3 is 10.6 Å². The van der Waals surface area contributed by atoms with Gasteiger partial charge in [0.05, 0.1) is 18.4 Å². The van der Waals surface area contributed by atoms with Gasteiger partial charge in [-0.25, -0.2) is 4.98 Å². The van der Waals surface area contributed by atoms with Gasteiger partial charge in [0.25, 0.3) is 0 Å². The van der Waals surface area contributed by atoms with E-state index in [1.165, 1.54) is 6.20 Å². The summed E-state index contributed by atoms with van der Waals surface area (Å²) in [6, 6.07) is 15.0. The van der Waals surface area contributed by atoms with Crippen LogP contribution in [-0.2, 0) is 11.3 Å². The van der Waals surface area contributed by atoms with E-state index in [1.807, 2.05) is 36.4 Å². The smallest absolute Gasteiger partial charge is 0.239 e. The molecule has 0 aliphatic rings. The van der Waals surface area contributed by atoms with Crippen molar-refractivity contribution in [2.45, 2.75) is 6.54 Å². The number of nitrogens with one attached hydrogen (secondary N) is 2. The molecule has 2 rings (SSSR count). The van der Waals surface area contributed by atoms with Crippen molar-refractivity contribution in [2.24, 2.45) is 0 Å². The summed E-state index contributed by atoms with van der Waals surface area (Å²) in [7, 11) is 0. The van der Waals surface area contributed by atoms with Gasteiger partial charge in [-0.3, -0.25) is 4.79 Å². The van der Waals surface area contributed by atoms with Crippen molar-refractivity contribution >= 4 is 11.6 Å². The number of nitrogens with zero attached hydrogens (tertiary/aromatic N) is 2. The van der Waals surface area contributed by atoms with Crippen molar-refractivity contribution in [1.29, 1.82) is 5.26 Å². The third-order valence-electron chi connectivity index (χ3n) is 2.66. The fourth-order valence-electron chi connectivity index (χ4n) is 1.61. The van der Waals surface area contributed by atoms with E-state index in [1.54, 1.807) is 12.1 Å². The third kappa shape index (κ3) is 4.10. The summed E-state index contributed by atoms with van der Waals surface area (Å²) in [4.78, 5) is 15.6. The average molecular weight is 266 g/mol. The zero-order valence-corrected chi connectivity index (χ0v) is 10.8. The van der Waals surface area contributed by atoms with Crippen LogP contribution in [0, 0.1) is 11.3 Å². The van der Waals surface area contributed by atoms with E-state index >= 15 is 0 Å². The second kappa shape index (κ2) is 6.90. The largest absolute Gasteiger partial charge is 0.375 e. The van der Waals surface area contributed by atoms with Gasteiger partial charge in [-0.2, -0.15) is 5.26 Å². The van der Waals surface area contributed by atoms with Crippen LogP contribution in [0.2, 0.25) is 0 Å². The number of pyridine rings is 1. The molecule has 1 aromatic heterocycles. The van der Waals surface area contributed by atoms with Crippen LogP contribution in [0.3, 0.4) is 0 Å². The number of hydrogen-bond acceptors (Lipinski definition) is 4. The zero-order valence-electron chi connectivity index (χ0n) is 10.8. The molecule has 0 saturated heterocycles. The van der Waals surface area contributed by atoms with Crippen LogP contribution in [0.5, 0.6) is 0 Å². The maximum Gasteiger partial charge on any atom is 0.239 e. The summed E-state index contributed by atoms with van der Waals surface area (Å²) in [6.45, 7) is 0.674. The van der Waals surface area contributed by atoms with Crippen LogP contribution in [-0.4, -0.2) is 17.4 Å². The Balaban J connectivity index is 1.76. The number of amides is 1. The Labute approximate surface area is 117 Å². The first-order valence-corrected chi connectivity index (χ1v) is 6.18.